The number of benzene rings is 1. The van der Waals surface area contributed by atoms with Gasteiger partial charge in [-0.25, -0.2) is 0 Å². The van der Waals surface area contributed by atoms with E-state index in [2.05, 4.69) is 4.90 Å². The third-order valence-electron chi connectivity index (χ3n) is 3.75. The lowest BCUT2D eigenvalue weighted by Crippen LogP contribution is -2.51. The summed E-state index contributed by atoms with van der Waals surface area (Å²) in [6.07, 6.45) is 0. The fourth-order valence-corrected chi connectivity index (χ4v) is 3.58. The third kappa shape index (κ3) is 2.66. The Bertz CT molecular complexity index is 624. The van der Waals surface area contributed by atoms with Crippen molar-refractivity contribution in [1.29, 1.82) is 0 Å². The molecule has 1 fully saturated rings. The van der Waals surface area contributed by atoms with Crippen LogP contribution in [0.1, 0.15) is 0 Å². The Morgan fingerprint density at radius 2 is 1.71 bits per heavy atom. The molecule has 0 atom stereocenters. The summed E-state index contributed by atoms with van der Waals surface area (Å²) in [5, 5.41) is 0. The molecule has 2 aliphatic rings. The van der Waals surface area contributed by atoms with E-state index in [9.17, 15) is 8.42 Å². The van der Waals surface area contributed by atoms with Crippen molar-refractivity contribution in [2.45, 2.75) is 0 Å². The molecule has 0 aliphatic carbocycles. The van der Waals surface area contributed by atoms with Gasteiger partial charge in [-0.1, -0.05) is 0 Å². The molecule has 2 aliphatic heterocycles. The van der Waals surface area contributed by atoms with E-state index in [0.717, 1.165) is 17.2 Å². The molecule has 1 aromatic carbocycles. The van der Waals surface area contributed by atoms with Crippen LogP contribution >= 0.6 is 0 Å². The van der Waals surface area contributed by atoms with E-state index in [4.69, 9.17) is 9.47 Å². The van der Waals surface area contributed by atoms with Gasteiger partial charge in [0, 0.05) is 52.0 Å². The smallest absolute Gasteiger partial charge is 0.281 e. The summed E-state index contributed by atoms with van der Waals surface area (Å²) in [6, 6.07) is 5.81. The van der Waals surface area contributed by atoms with Gasteiger partial charge in [0.05, 0.1) is 0 Å². The first-order valence-electron chi connectivity index (χ1n) is 6.81. The monoisotopic (exact) mass is 313 g/mol. The summed E-state index contributed by atoms with van der Waals surface area (Å²) in [4.78, 5) is 2.16. The first-order chi connectivity index (χ1) is 9.98. The highest BCUT2D eigenvalue weighted by Crippen LogP contribution is 2.35. The largest absolute Gasteiger partial charge is 0.454 e. The number of hydrogen-bond donors (Lipinski definition) is 0. The van der Waals surface area contributed by atoms with E-state index in [1.165, 1.54) is 8.61 Å². The van der Waals surface area contributed by atoms with Crippen LogP contribution in [0, 0.1) is 0 Å². The zero-order valence-corrected chi connectivity index (χ0v) is 13.0. The Morgan fingerprint density at radius 1 is 1.05 bits per heavy atom. The standard InChI is InChI=1S/C13H19N3O4S/c1-14(2)21(17,18)16-7-5-15(6-8-16)11-3-4-12-13(9-11)20-10-19-12/h3-4,9H,5-8,10H2,1-2H3. The highest BCUT2D eigenvalue weighted by molar-refractivity contribution is 7.86. The van der Waals surface area contributed by atoms with Crippen LogP contribution in [-0.2, 0) is 10.2 Å². The molecule has 0 unspecified atom stereocenters. The maximum atomic E-state index is 12.1. The topological polar surface area (TPSA) is 62.3 Å². The zero-order valence-electron chi connectivity index (χ0n) is 12.2. The van der Waals surface area contributed by atoms with Gasteiger partial charge >= 0.3 is 0 Å². The number of fused-ring (bicyclic) bond motifs is 1. The molecule has 1 saturated heterocycles. The zero-order chi connectivity index (χ0) is 15.0. The lowest BCUT2D eigenvalue weighted by molar-refractivity contribution is 0.174. The van der Waals surface area contributed by atoms with Crippen LogP contribution in [0.3, 0.4) is 0 Å². The summed E-state index contributed by atoms with van der Waals surface area (Å²) < 4.78 is 37.6. The van der Waals surface area contributed by atoms with E-state index in [0.29, 0.717) is 26.2 Å². The Kier molecular flexibility index (Phi) is 3.68. The summed E-state index contributed by atoms with van der Waals surface area (Å²) >= 11 is 0. The molecule has 1 aromatic rings. The Morgan fingerprint density at radius 3 is 2.38 bits per heavy atom. The van der Waals surface area contributed by atoms with Crippen molar-refractivity contribution in [1.82, 2.24) is 8.61 Å². The number of nitrogens with zero attached hydrogens (tertiary/aromatic N) is 3. The van der Waals surface area contributed by atoms with Crippen LogP contribution < -0.4 is 14.4 Å². The number of piperazine rings is 1. The van der Waals surface area contributed by atoms with Gasteiger partial charge in [0.25, 0.3) is 10.2 Å². The molecule has 7 nitrogen and oxygen atoms in total. The summed E-state index contributed by atoms with van der Waals surface area (Å²) in [7, 11) is -0.210. The fourth-order valence-electron chi connectivity index (χ4n) is 2.49. The second-order valence-electron chi connectivity index (χ2n) is 5.21. The minimum Gasteiger partial charge on any atom is -0.454 e. The van der Waals surface area contributed by atoms with Gasteiger partial charge in [0.1, 0.15) is 0 Å². The summed E-state index contributed by atoms with van der Waals surface area (Å²) in [6.45, 7) is 2.54. The van der Waals surface area contributed by atoms with E-state index in [1.807, 2.05) is 18.2 Å². The number of anilines is 1. The minimum absolute atomic E-state index is 0.258. The van der Waals surface area contributed by atoms with Crippen LogP contribution in [0.5, 0.6) is 11.5 Å². The molecule has 8 heteroatoms. The molecule has 0 spiro atoms. The quantitative estimate of drug-likeness (QED) is 0.805. The molecule has 0 aromatic heterocycles. The van der Waals surface area contributed by atoms with Crippen LogP contribution in [0.2, 0.25) is 0 Å². The van der Waals surface area contributed by atoms with E-state index < -0.39 is 10.2 Å². The van der Waals surface area contributed by atoms with Crippen LogP contribution in [-0.4, -0.2) is 64.1 Å². The summed E-state index contributed by atoms with van der Waals surface area (Å²) in [5.74, 6) is 1.50. The lowest BCUT2D eigenvalue weighted by Gasteiger charge is -2.36. The van der Waals surface area contributed by atoms with Crippen LogP contribution in [0.4, 0.5) is 5.69 Å². The van der Waals surface area contributed by atoms with Crippen molar-refractivity contribution in [2.75, 3.05) is 52.0 Å². The van der Waals surface area contributed by atoms with Gasteiger partial charge < -0.3 is 14.4 Å². The molecule has 0 radical (unpaired) electrons. The first-order valence-corrected chi connectivity index (χ1v) is 8.20. The van der Waals surface area contributed by atoms with Gasteiger partial charge in [0.15, 0.2) is 11.5 Å². The minimum atomic E-state index is -3.32. The fraction of sp³-hybridized carbons (Fsp3) is 0.538. The molecular weight excluding hydrogens is 294 g/mol. The van der Waals surface area contributed by atoms with Crippen molar-refractivity contribution in [3.63, 3.8) is 0 Å². The summed E-state index contributed by atoms with van der Waals surface area (Å²) in [5.41, 5.74) is 1.03. The SMILES string of the molecule is CN(C)S(=O)(=O)N1CCN(c2ccc3c(c2)OCO3)CC1. The predicted molar refractivity (Wildman–Crippen MR) is 79.0 cm³/mol. The van der Waals surface area contributed by atoms with Gasteiger partial charge in [-0.3, -0.25) is 0 Å². The number of rotatable bonds is 3. The normalized spacial score (nSPS) is 19.3. The van der Waals surface area contributed by atoms with E-state index in [1.54, 1.807) is 14.1 Å². The molecule has 21 heavy (non-hydrogen) atoms. The van der Waals surface area contributed by atoms with Gasteiger partial charge in [0.2, 0.25) is 6.79 Å². The van der Waals surface area contributed by atoms with Crippen molar-refractivity contribution in [2.24, 2.45) is 0 Å². The molecule has 0 saturated carbocycles. The van der Waals surface area contributed by atoms with Crippen molar-refractivity contribution in [3.05, 3.63) is 18.2 Å². The Hall–Kier alpha value is -1.51. The molecule has 0 N–H and O–H groups in total. The third-order valence-corrected chi connectivity index (χ3v) is 5.69. The van der Waals surface area contributed by atoms with Gasteiger partial charge in [-0.05, 0) is 12.1 Å². The van der Waals surface area contributed by atoms with Crippen molar-refractivity contribution < 1.29 is 17.9 Å². The highest BCUT2D eigenvalue weighted by Gasteiger charge is 2.29. The second kappa shape index (κ2) is 5.36. The van der Waals surface area contributed by atoms with Gasteiger partial charge in [-0.15, -0.1) is 0 Å². The molecule has 2 heterocycles. The average molecular weight is 313 g/mol. The molecular formula is C13H19N3O4S. The predicted octanol–water partition coefficient (Wildman–Crippen LogP) is 0.344. The van der Waals surface area contributed by atoms with Crippen LogP contribution in [0.15, 0.2) is 18.2 Å². The van der Waals surface area contributed by atoms with Crippen molar-refractivity contribution >= 4 is 15.9 Å². The van der Waals surface area contributed by atoms with Crippen molar-refractivity contribution in [3.8, 4) is 11.5 Å². The lowest BCUT2D eigenvalue weighted by atomic mass is 10.2. The van der Waals surface area contributed by atoms with Crippen LogP contribution in [0.25, 0.3) is 0 Å². The first kappa shape index (κ1) is 14.4. The molecule has 0 bridgehead atoms. The Labute approximate surface area is 124 Å². The van der Waals surface area contributed by atoms with E-state index >= 15 is 0 Å². The van der Waals surface area contributed by atoms with Gasteiger partial charge in [-0.2, -0.15) is 17.0 Å². The highest BCUT2D eigenvalue weighted by atomic mass is 32.2. The molecule has 116 valence electrons. The molecule has 0 amide bonds. The average Bonchev–Trinajstić information content (AvgIpc) is 2.94. The Balaban J connectivity index is 1.69. The maximum absolute atomic E-state index is 12.1. The molecule has 3 rings (SSSR count). The van der Waals surface area contributed by atoms with E-state index in [-0.39, 0.29) is 6.79 Å². The number of ether oxygens (including phenoxy) is 2. The number of hydrogen-bond acceptors (Lipinski definition) is 5. The second-order valence-corrected chi connectivity index (χ2v) is 7.36. The maximum Gasteiger partial charge on any atom is 0.281 e.